The smallest absolute Gasteiger partial charge is 0.271 e. The SMILES string of the molecule is O=C(N/N=C/c1cccc(Cl)c1)c1ccc2nc(-c3ccccc3Cl)[nH]c2c1. The molecular formula is C21H14Cl2N4O. The van der Waals surface area contributed by atoms with Crippen LogP contribution in [-0.4, -0.2) is 22.1 Å². The summed E-state index contributed by atoms with van der Waals surface area (Å²) >= 11 is 12.2. The fourth-order valence-electron chi connectivity index (χ4n) is 2.75. The summed E-state index contributed by atoms with van der Waals surface area (Å²) < 4.78 is 0. The van der Waals surface area contributed by atoms with E-state index < -0.39 is 0 Å². The number of H-pyrrole nitrogens is 1. The number of aromatic nitrogens is 2. The number of nitrogens with one attached hydrogen (secondary N) is 2. The Labute approximate surface area is 171 Å². The molecule has 0 bridgehead atoms. The van der Waals surface area contributed by atoms with Gasteiger partial charge in [-0.15, -0.1) is 0 Å². The van der Waals surface area contributed by atoms with Crippen LogP contribution in [0.2, 0.25) is 10.0 Å². The van der Waals surface area contributed by atoms with Crippen molar-refractivity contribution >= 4 is 46.4 Å². The molecule has 0 radical (unpaired) electrons. The Hall–Kier alpha value is -3.15. The highest BCUT2D eigenvalue weighted by Gasteiger charge is 2.11. The van der Waals surface area contributed by atoms with Gasteiger partial charge in [-0.05, 0) is 48.0 Å². The Bertz CT molecular complexity index is 1200. The van der Waals surface area contributed by atoms with Gasteiger partial charge in [0.2, 0.25) is 0 Å². The first-order valence-corrected chi connectivity index (χ1v) is 9.19. The van der Waals surface area contributed by atoms with Crippen LogP contribution < -0.4 is 5.43 Å². The molecule has 4 aromatic rings. The molecule has 0 aliphatic heterocycles. The molecule has 0 fully saturated rings. The molecular weight excluding hydrogens is 395 g/mol. The average Bonchev–Trinajstić information content (AvgIpc) is 3.11. The third kappa shape index (κ3) is 3.91. The number of nitrogens with zero attached hydrogens (tertiary/aromatic N) is 2. The topological polar surface area (TPSA) is 70.1 Å². The van der Waals surface area contributed by atoms with E-state index in [0.717, 1.165) is 22.2 Å². The van der Waals surface area contributed by atoms with Gasteiger partial charge in [0, 0.05) is 16.1 Å². The Balaban J connectivity index is 1.54. The zero-order chi connectivity index (χ0) is 19.5. The van der Waals surface area contributed by atoms with E-state index in [-0.39, 0.29) is 5.91 Å². The lowest BCUT2D eigenvalue weighted by atomic mass is 10.2. The largest absolute Gasteiger partial charge is 0.338 e. The second kappa shape index (κ2) is 7.84. The summed E-state index contributed by atoms with van der Waals surface area (Å²) in [7, 11) is 0. The molecule has 0 saturated heterocycles. The number of amides is 1. The number of aromatic amines is 1. The van der Waals surface area contributed by atoms with Crippen LogP contribution in [-0.2, 0) is 0 Å². The number of hydrogen-bond acceptors (Lipinski definition) is 3. The van der Waals surface area contributed by atoms with Crippen LogP contribution in [0.25, 0.3) is 22.4 Å². The van der Waals surface area contributed by atoms with Crippen molar-refractivity contribution < 1.29 is 4.79 Å². The first kappa shape index (κ1) is 18.2. The maximum absolute atomic E-state index is 12.4. The molecule has 7 heteroatoms. The number of hydrazone groups is 1. The van der Waals surface area contributed by atoms with Crippen LogP contribution in [0.4, 0.5) is 0 Å². The van der Waals surface area contributed by atoms with E-state index in [1.54, 1.807) is 36.4 Å². The fraction of sp³-hybridized carbons (Fsp3) is 0. The molecule has 0 unspecified atom stereocenters. The second-order valence-corrected chi connectivity index (χ2v) is 6.89. The molecule has 4 rings (SSSR count). The van der Waals surface area contributed by atoms with Crippen LogP contribution in [0.3, 0.4) is 0 Å². The van der Waals surface area contributed by atoms with E-state index in [9.17, 15) is 4.79 Å². The van der Waals surface area contributed by atoms with Crippen molar-refractivity contribution in [3.05, 3.63) is 87.9 Å². The Morgan fingerprint density at radius 2 is 1.89 bits per heavy atom. The Kier molecular flexibility index (Phi) is 5.10. The first-order valence-electron chi connectivity index (χ1n) is 8.44. The second-order valence-electron chi connectivity index (χ2n) is 6.05. The molecule has 0 aliphatic carbocycles. The van der Waals surface area contributed by atoms with Crippen molar-refractivity contribution in [3.8, 4) is 11.4 Å². The quantitative estimate of drug-likeness (QED) is 0.355. The van der Waals surface area contributed by atoms with Gasteiger partial charge in [-0.2, -0.15) is 5.10 Å². The minimum Gasteiger partial charge on any atom is -0.338 e. The number of carbonyl (C=O) groups excluding carboxylic acids is 1. The number of fused-ring (bicyclic) bond motifs is 1. The van der Waals surface area contributed by atoms with Crippen LogP contribution >= 0.6 is 23.2 Å². The van der Waals surface area contributed by atoms with Crippen molar-refractivity contribution in [3.63, 3.8) is 0 Å². The fourth-order valence-corrected chi connectivity index (χ4v) is 3.17. The van der Waals surface area contributed by atoms with Crippen molar-refractivity contribution in [1.82, 2.24) is 15.4 Å². The van der Waals surface area contributed by atoms with Gasteiger partial charge in [0.1, 0.15) is 5.82 Å². The van der Waals surface area contributed by atoms with Crippen molar-refractivity contribution in [2.75, 3.05) is 0 Å². The summed E-state index contributed by atoms with van der Waals surface area (Å²) in [5, 5.41) is 5.19. The summed E-state index contributed by atoms with van der Waals surface area (Å²) in [6, 6.07) is 19.8. The minimum absolute atomic E-state index is 0.325. The van der Waals surface area contributed by atoms with E-state index in [4.69, 9.17) is 23.2 Å². The molecule has 28 heavy (non-hydrogen) atoms. The van der Waals surface area contributed by atoms with Gasteiger partial charge in [-0.25, -0.2) is 10.4 Å². The molecule has 0 saturated carbocycles. The zero-order valence-electron chi connectivity index (χ0n) is 14.5. The molecule has 3 aromatic carbocycles. The highest BCUT2D eigenvalue weighted by Crippen LogP contribution is 2.27. The van der Waals surface area contributed by atoms with Gasteiger partial charge < -0.3 is 4.98 Å². The zero-order valence-corrected chi connectivity index (χ0v) is 16.0. The molecule has 0 aliphatic rings. The number of rotatable bonds is 4. The molecule has 1 amide bonds. The van der Waals surface area contributed by atoms with Crippen LogP contribution in [0.15, 0.2) is 71.8 Å². The van der Waals surface area contributed by atoms with E-state index in [1.807, 2.05) is 30.3 Å². The summed E-state index contributed by atoms with van der Waals surface area (Å²) in [6.07, 6.45) is 1.54. The molecule has 0 spiro atoms. The number of hydrogen-bond donors (Lipinski definition) is 2. The highest BCUT2D eigenvalue weighted by molar-refractivity contribution is 6.33. The minimum atomic E-state index is -0.325. The van der Waals surface area contributed by atoms with E-state index in [2.05, 4.69) is 20.5 Å². The summed E-state index contributed by atoms with van der Waals surface area (Å²) in [5.74, 6) is 0.325. The van der Waals surface area contributed by atoms with E-state index >= 15 is 0 Å². The van der Waals surface area contributed by atoms with Gasteiger partial charge in [-0.1, -0.05) is 47.5 Å². The maximum atomic E-state index is 12.4. The third-order valence-corrected chi connectivity index (χ3v) is 4.67. The summed E-state index contributed by atoms with van der Waals surface area (Å²) in [4.78, 5) is 20.1. The van der Waals surface area contributed by atoms with E-state index in [0.29, 0.717) is 21.4 Å². The number of halogens is 2. The lowest BCUT2D eigenvalue weighted by Crippen LogP contribution is -2.17. The molecule has 0 atom stereocenters. The van der Waals surface area contributed by atoms with Gasteiger partial charge in [0.05, 0.1) is 22.3 Å². The van der Waals surface area contributed by atoms with Gasteiger partial charge in [0.25, 0.3) is 5.91 Å². The lowest BCUT2D eigenvalue weighted by molar-refractivity contribution is 0.0955. The van der Waals surface area contributed by atoms with E-state index in [1.165, 1.54) is 6.21 Å². The Morgan fingerprint density at radius 1 is 1.04 bits per heavy atom. The number of benzene rings is 3. The summed E-state index contributed by atoms with van der Waals surface area (Å²) in [6.45, 7) is 0. The lowest BCUT2D eigenvalue weighted by Gasteiger charge is -2.00. The molecule has 1 aromatic heterocycles. The third-order valence-electron chi connectivity index (χ3n) is 4.10. The van der Waals surface area contributed by atoms with Crippen molar-refractivity contribution in [2.24, 2.45) is 5.10 Å². The van der Waals surface area contributed by atoms with Gasteiger partial charge in [-0.3, -0.25) is 4.79 Å². The van der Waals surface area contributed by atoms with Crippen LogP contribution in [0.5, 0.6) is 0 Å². The summed E-state index contributed by atoms with van der Waals surface area (Å²) in [5.41, 5.74) is 6.05. The standard InChI is InChI=1S/C21H14Cl2N4O/c22-15-5-3-4-13(10-15)12-24-27-21(28)14-8-9-18-19(11-14)26-20(25-18)16-6-1-2-7-17(16)23/h1-12H,(H,25,26)(H,27,28)/b24-12+. The monoisotopic (exact) mass is 408 g/mol. The molecule has 138 valence electrons. The first-order chi connectivity index (χ1) is 13.6. The molecule has 1 heterocycles. The number of carbonyl (C=O) groups is 1. The predicted molar refractivity (Wildman–Crippen MR) is 113 cm³/mol. The molecule has 2 N–H and O–H groups in total. The average molecular weight is 409 g/mol. The van der Waals surface area contributed by atoms with Crippen LogP contribution in [0, 0.1) is 0 Å². The van der Waals surface area contributed by atoms with Gasteiger partial charge >= 0.3 is 0 Å². The molecule has 5 nitrogen and oxygen atoms in total. The van der Waals surface area contributed by atoms with Crippen LogP contribution in [0.1, 0.15) is 15.9 Å². The highest BCUT2D eigenvalue weighted by atomic mass is 35.5. The Morgan fingerprint density at radius 3 is 2.71 bits per heavy atom. The number of imidazole rings is 1. The van der Waals surface area contributed by atoms with Gasteiger partial charge in [0.15, 0.2) is 0 Å². The van der Waals surface area contributed by atoms with Crippen molar-refractivity contribution in [2.45, 2.75) is 0 Å². The maximum Gasteiger partial charge on any atom is 0.271 e. The van der Waals surface area contributed by atoms with Crippen molar-refractivity contribution in [1.29, 1.82) is 0 Å². The predicted octanol–water partition coefficient (Wildman–Crippen LogP) is 5.30. The normalized spacial score (nSPS) is 11.2.